The van der Waals surface area contributed by atoms with Crippen LogP contribution in [-0.4, -0.2) is 28.0 Å². The van der Waals surface area contributed by atoms with E-state index in [2.05, 4.69) is 31.3 Å². The van der Waals surface area contributed by atoms with Crippen LogP contribution in [-0.2, 0) is 4.74 Å². The number of nitrogens with zero attached hydrogens (tertiary/aromatic N) is 2. The number of aromatic nitrogens is 3. The molecule has 0 unspecified atom stereocenters. The second kappa shape index (κ2) is 5.30. The molecular formula is C12H12BrN3O2. The van der Waals surface area contributed by atoms with E-state index in [0.717, 1.165) is 15.6 Å². The van der Waals surface area contributed by atoms with E-state index in [1.54, 1.807) is 6.92 Å². The molecule has 5 nitrogen and oxygen atoms in total. The first-order valence-corrected chi connectivity index (χ1v) is 6.26. The summed E-state index contributed by atoms with van der Waals surface area (Å²) in [6, 6.07) is 5.80. The summed E-state index contributed by atoms with van der Waals surface area (Å²) in [5, 5.41) is 10.3. The van der Waals surface area contributed by atoms with Crippen molar-refractivity contribution in [2.24, 2.45) is 0 Å². The maximum Gasteiger partial charge on any atom is 0.361 e. The second-order valence-corrected chi connectivity index (χ2v) is 4.67. The second-order valence-electron chi connectivity index (χ2n) is 3.76. The van der Waals surface area contributed by atoms with E-state index in [4.69, 9.17) is 4.74 Å². The van der Waals surface area contributed by atoms with Crippen molar-refractivity contribution in [1.29, 1.82) is 0 Å². The first kappa shape index (κ1) is 12.8. The monoisotopic (exact) mass is 309 g/mol. The first-order valence-electron chi connectivity index (χ1n) is 5.47. The third-order valence-corrected chi connectivity index (χ3v) is 2.79. The Kier molecular flexibility index (Phi) is 3.76. The lowest BCUT2D eigenvalue weighted by Gasteiger charge is -2.03. The van der Waals surface area contributed by atoms with Gasteiger partial charge in [0, 0.05) is 10.0 Å². The summed E-state index contributed by atoms with van der Waals surface area (Å²) >= 11 is 3.42. The summed E-state index contributed by atoms with van der Waals surface area (Å²) in [6.45, 7) is 4.03. The zero-order valence-electron chi connectivity index (χ0n) is 10.0. The van der Waals surface area contributed by atoms with Crippen molar-refractivity contribution in [3.05, 3.63) is 33.9 Å². The molecule has 1 N–H and O–H groups in total. The lowest BCUT2D eigenvalue weighted by atomic mass is 10.1. The zero-order valence-corrected chi connectivity index (χ0v) is 11.6. The highest BCUT2D eigenvalue weighted by Gasteiger charge is 2.19. The molecule has 1 aromatic carbocycles. The molecule has 18 heavy (non-hydrogen) atoms. The minimum atomic E-state index is -0.473. The van der Waals surface area contributed by atoms with Gasteiger partial charge < -0.3 is 4.74 Å². The largest absolute Gasteiger partial charge is 0.461 e. The van der Waals surface area contributed by atoms with Crippen LogP contribution in [0.2, 0.25) is 0 Å². The van der Waals surface area contributed by atoms with Crippen molar-refractivity contribution < 1.29 is 9.53 Å². The predicted molar refractivity (Wildman–Crippen MR) is 70.2 cm³/mol. The lowest BCUT2D eigenvalue weighted by molar-refractivity contribution is 0.0520. The summed E-state index contributed by atoms with van der Waals surface area (Å²) in [7, 11) is 0. The normalized spacial score (nSPS) is 10.4. The Morgan fingerprint density at radius 1 is 1.39 bits per heavy atom. The van der Waals surface area contributed by atoms with Crippen molar-refractivity contribution in [1.82, 2.24) is 15.4 Å². The minimum Gasteiger partial charge on any atom is -0.461 e. The van der Waals surface area contributed by atoms with E-state index in [1.165, 1.54) is 0 Å². The Labute approximate surface area is 113 Å². The maximum absolute atomic E-state index is 11.7. The average Bonchev–Trinajstić information content (AvgIpc) is 2.76. The van der Waals surface area contributed by atoms with E-state index in [-0.39, 0.29) is 5.69 Å². The molecule has 0 aliphatic rings. The number of aryl methyl sites for hydroxylation is 1. The number of rotatable bonds is 3. The standard InChI is InChI=1S/C12H12BrN3O2/c1-3-18-12(17)11-10(14-16-15-11)8-4-7(2)5-9(13)6-8/h4-6H,3H2,1-2H3,(H,14,15,16). The minimum absolute atomic E-state index is 0.203. The van der Waals surface area contributed by atoms with Crippen LogP contribution in [0.25, 0.3) is 11.3 Å². The number of esters is 1. The van der Waals surface area contributed by atoms with E-state index >= 15 is 0 Å². The number of hydrogen-bond acceptors (Lipinski definition) is 4. The number of carbonyl (C=O) groups is 1. The summed E-state index contributed by atoms with van der Waals surface area (Å²) < 4.78 is 5.86. The van der Waals surface area contributed by atoms with E-state index in [1.807, 2.05) is 25.1 Å². The number of nitrogens with one attached hydrogen (secondary N) is 1. The number of ether oxygens (including phenoxy) is 1. The van der Waals surface area contributed by atoms with Gasteiger partial charge in [0.05, 0.1) is 6.61 Å². The number of halogens is 1. The van der Waals surface area contributed by atoms with Gasteiger partial charge >= 0.3 is 5.97 Å². The van der Waals surface area contributed by atoms with Gasteiger partial charge in [0.2, 0.25) is 0 Å². The van der Waals surface area contributed by atoms with Gasteiger partial charge in [0.1, 0.15) is 5.69 Å². The van der Waals surface area contributed by atoms with Gasteiger partial charge in [0.25, 0.3) is 0 Å². The smallest absolute Gasteiger partial charge is 0.361 e. The quantitative estimate of drug-likeness (QED) is 0.885. The number of benzene rings is 1. The first-order chi connectivity index (χ1) is 8.61. The lowest BCUT2D eigenvalue weighted by Crippen LogP contribution is -2.06. The van der Waals surface area contributed by atoms with Crippen LogP contribution >= 0.6 is 15.9 Å². The molecule has 0 fully saturated rings. The summed E-state index contributed by atoms with van der Waals surface area (Å²) in [5.74, 6) is -0.473. The highest BCUT2D eigenvalue weighted by atomic mass is 79.9. The molecule has 0 aliphatic heterocycles. The van der Waals surface area contributed by atoms with Crippen molar-refractivity contribution in [2.75, 3.05) is 6.61 Å². The van der Waals surface area contributed by atoms with Crippen LogP contribution in [0, 0.1) is 6.92 Å². The molecule has 0 spiro atoms. The average molecular weight is 310 g/mol. The summed E-state index contributed by atoms with van der Waals surface area (Å²) in [4.78, 5) is 11.7. The third kappa shape index (κ3) is 2.59. The highest BCUT2D eigenvalue weighted by molar-refractivity contribution is 9.10. The van der Waals surface area contributed by atoms with Crippen LogP contribution in [0.5, 0.6) is 0 Å². The molecule has 6 heteroatoms. The molecule has 0 saturated heterocycles. The molecule has 2 rings (SSSR count). The SMILES string of the molecule is CCOC(=O)c1n[nH]nc1-c1cc(C)cc(Br)c1. The molecule has 0 amide bonds. The highest BCUT2D eigenvalue weighted by Crippen LogP contribution is 2.25. The van der Waals surface area contributed by atoms with Crippen LogP contribution < -0.4 is 0 Å². The molecule has 2 aromatic rings. The Balaban J connectivity index is 2.45. The number of H-pyrrole nitrogens is 1. The molecular weight excluding hydrogens is 298 g/mol. The molecule has 0 aliphatic carbocycles. The van der Waals surface area contributed by atoms with Crippen LogP contribution in [0.3, 0.4) is 0 Å². The number of hydrogen-bond donors (Lipinski definition) is 1. The Bertz CT molecular complexity index is 560. The Morgan fingerprint density at radius 2 is 2.17 bits per heavy atom. The molecule has 0 radical (unpaired) electrons. The Morgan fingerprint density at radius 3 is 2.83 bits per heavy atom. The molecule has 0 bridgehead atoms. The Hall–Kier alpha value is -1.69. The molecule has 94 valence electrons. The number of carbonyl (C=O) groups excluding carboxylic acids is 1. The number of aromatic amines is 1. The molecule has 0 atom stereocenters. The third-order valence-electron chi connectivity index (χ3n) is 2.33. The van der Waals surface area contributed by atoms with Gasteiger partial charge in [-0.2, -0.15) is 10.3 Å². The van der Waals surface area contributed by atoms with E-state index < -0.39 is 5.97 Å². The molecule has 0 saturated carbocycles. The summed E-state index contributed by atoms with van der Waals surface area (Å²) in [6.07, 6.45) is 0. The van der Waals surface area contributed by atoms with E-state index in [0.29, 0.717) is 12.3 Å². The van der Waals surface area contributed by atoms with Crippen LogP contribution in [0.1, 0.15) is 23.0 Å². The summed E-state index contributed by atoms with van der Waals surface area (Å²) in [5.41, 5.74) is 2.59. The van der Waals surface area contributed by atoms with Gasteiger partial charge in [0.15, 0.2) is 5.69 Å². The van der Waals surface area contributed by atoms with Gasteiger partial charge in [-0.25, -0.2) is 4.79 Å². The van der Waals surface area contributed by atoms with Crippen LogP contribution in [0.4, 0.5) is 0 Å². The molecule has 1 aromatic heterocycles. The van der Waals surface area contributed by atoms with Crippen molar-refractivity contribution in [2.45, 2.75) is 13.8 Å². The predicted octanol–water partition coefficient (Wildman–Crippen LogP) is 2.72. The molecule has 1 heterocycles. The fourth-order valence-corrected chi connectivity index (χ4v) is 2.25. The zero-order chi connectivity index (χ0) is 13.1. The van der Waals surface area contributed by atoms with Gasteiger partial charge in [-0.05, 0) is 37.6 Å². The van der Waals surface area contributed by atoms with Gasteiger partial charge in [-0.1, -0.05) is 15.9 Å². The van der Waals surface area contributed by atoms with Gasteiger partial charge in [-0.3, -0.25) is 0 Å². The van der Waals surface area contributed by atoms with Gasteiger partial charge in [-0.15, -0.1) is 5.10 Å². The van der Waals surface area contributed by atoms with Crippen molar-refractivity contribution in [3.63, 3.8) is 0 Å². The topological polar surface area (TPSA) is 67.9 Å². The maximum atomic E-state index is 11.7. The van der Waals surface area contributed by atoms with Crippen LogP contribution in [0.15, 0.2) is 22.7 Å². The fraction of sp³-hybridized carbons (Fsp3) is 0.250. The van der Waals surface area contributed by atoms with E-state index in [9.17, 15) is 4.79 Å². The van der Waals surface area contributed by atoms with Crippen molar-refractivity contribution in [3.8, 4) is 11.3 Å². The van der Waals surface area contributed by atoms with Crippen molar-refractivity contribution >= 4 is 21.9 Å². The fourth-order valence-electron chi connectivity index (χ4n) is 1.65.